The molecule has 1 aromatic rings. The molecule has 2 N–H and O–H groups in total. The van der Waals surface area contributed by atoms with Crippen LogP contribution >= 0.6 is 0 Å². The molecule has 0 heterocycles. The maximum Gasteiger partial charge on any atom is 0.338 e. The number of hydrogen-bond acceptors (Lipinski definition) is 5. The van der Waals surface area contributed by atoms with Gasteiger partial charge in [0.15, 0.2) is 6.61 Å². The zero-order valence-corrected chi connectivity index (χ0v) is 14.4. The average Bonchev–Trinajstić information content (AvgIpc) is 2.52. The van der Waals surface area contributed by atoms with E-state index >= 15 is 0 Å². The molecule has 0 aliphatic carbocycles. The molecule has 1 rings (SSSR count). The summed E-state index contributed by atoms with van der Waals surface area (Å²) in [6.07, 6.45) is 0. The summed E-state index contributed by atoms with van der Waals surface area (Å²) in [5.41, 5.74) is 0.0611. The maximum absolute atomic E-state index is 11.9. The normalized spacial score (nSPS) is 12.7. The van der Waals surface area contributed by atoms with Crippen LogP contribution in [0.5, 0.6) is 0 Å². The predicted molar refractivity (Wildman–Crippen MR) is 85.4 cm³/mol. The molecule has 23 heavy (non-hydrogen) atoms. The first-order valence-electron chi connectivity index (χ1n) is 7.17. The third kappa shape index (κ3) is 5.65. The van der Waals surface area contributed by atoms with Gasteiger partial charge in [0.05, 0.1) is 10.5 Å². The lowest BCUT2D eigenvalue weighted by molar-refractivity contribution is -0.125. The third-order valence-electron chi connectivity index (χ3n) is 3.37. The largest absolute Gasteiger partial charge is 0.452 e. The minimum atomic E-state index is -3.65. The maximum atomic E-state index is 11.9. The van der Waals surface area contributed by atoms with Gasteiger partial charge < -0.3 is 10.1 Å². The molecule has 1 aromatic carbocycles. The van der Waals surface area contributed by atoms with Crippen LogP contribution < -0.4 is 10.0 Å². The first-order chi connectivity index (χ1) is 10.7. The third-order valence-corrected chi connectivity index (χ3v) is 4.78. The molecule has 0 saturated carbocycles. The lowest BCUT2D eigenvalue weighted by atomic mass is 10.1. The zero-order chi connectivity index (χ0) is 17.6. The van der Waals surface area contributed by atoms with Crippen molar-refractivity contribution >= 4 is 21.9 Å². The zero-order valence-electron chi connectivity index (χ0n) is 13.6. The van der Waals surface area contributed by atoms with Gasteiger partial charge in [-0.15, -0.1) is 0 Å². The van der Waals surface area contributed by atoms with E-state index in [1.807, 2.05) is 20.8 Å². The molecule has 0 unspecified atom stereocenters. The molecular formula is C15H22N2O5S. The minimum Gasteiger partial charge on any atom is -0.452 e. The molecule has 0 aliphatic rings. The van der Waals surface area contributed by atoms with Crippen LogP contribution in [0.2, 0.25) is 0 Å². The number of hydrogen-bond donors (Lipinski definition) is 2. The van der Waals surface area contributed by atoms with E-state index in [0.29, 0.717) is 0 Å². The van der Waals surface area contributed by atoms with Crippen LogP contribution in [0.1, 0.15) is 31.1 Å². The molecule has 1 amide bonds. The molecule has 0 radical (unpaired) electrons. The second-order valence-electron chi connectivity index (χ2n) is 5.41. The number of sulfonamides is 1. The van der Waals surface area contributed by atoms with Crippen molar-refractivity contribution in [2.24, 2.45) is 5.92 Å². The summed E-state index contributed by atoms with van der Waals surface area (Å²) in [6, 6.07) is 5.38. The van der Waals surface area contributed by atoms with Crippen molar-refractivity contribution in [1.82, 2.24) is 10.0 Å². The van der Waals surface area contributed by atoms with Gasteiger partial charge in [-0.25, -0.2) is 17.9 Å². The van der Waals surface area contributed by atoms with Crippen LogP contribution in [0.4, 0.5) is 0 Å². The summed E-state index contributed by atoms with van der Waals surface area (Å²) in [5, 5.41) is 2.71. The first-order valence-corrected chi connectivity index (χ1v) is 8.65. The Hall–Kier alpha value is -1.93. The number of rotatable bonds is 7. The summed E-state index contributed by atoms with van der Waals surface area (Å²) < 4.78 is 30.5. The first kappa shape index (κ1) is 19.1. The molecule has 0 spiro atoms. The van der Waals surface area contributed by atoms with Gasteiger partial charge in [-0.2, -0.15) is 0 Å². The molecule has 8 heteroatoms. The van der Waals surface area contributed by atoms with E-state index in [4.69, 9.17) is 4.74 Å². The van der Waals surface area contributed by atoms with Crippen molar-refractivity contribution in [3.05, 3.63) is 29.8 Å². The van der Waals surface area contributed by atoms with E-state index in [9.17, 15) is 18.0 Å². The van der Waals surface area contributed by atoms with Gasteiger partial charge in [0.1, 0.15) is 0 Å². The molecule has 0 fully saturated rings. The second kappa shape index (κ2) is 8.07. The van der Waals surface area contributed by atoms with Gasteiger partial charge >= 0.3 is 5.97 Å². The molecule has 128 valence electrons. The fourth-order valence-electron chi connectivity index (χ4n) is 1.58. The summed E-state index contributed by atoms with van der Waals surface area (Å²) in [6.45, 7) is 5.37. The van der Waals surface area contributed by atoms with Gasteiger partial charge in [0, 0.05) is 6.04 Å². The highest BCUT2D eigenvalue weighted by molar-refractivity contribution is 7.89. The Morgan fingerprint density at radius 3 is 2.43 bits per heavy atom. The standard InChI is InChI=1S/C15H22N2O5S/c1-10(2)11(3)17-14(18)9-22-15(19)12-6-5-7-13(8-12)23(20,21)16-4/h5-8,10-11,16H,9H2,1-4H3,(H,17,18)/t11-/m0/s1. The smallest absolute Gasteiger partial charge is 0.338 e. The van der Waals surface area contributed by atoms with Gasteiger partial charge in [0.25, 0.3) is 5.91 Å². The Morgan fingerprint density at radius 1 is 1.22 bits per heavy atom. The van der Waals surface area contributed by atoms with Crippen molar-refractivity contribution < 1.29 is 22.7 Å². The summed E-state index contributed by atoms with van der Waals surface area (Å²) in [7, 11) is -2.37. The summed E-state index contributed by atoms with van der Waals surface area (Å²) >= 11 is 0. The highest BCUT2D eigenvalue weighted by Crippen LogP contribution is 2.12. The van der Waals surface area contributed by atoms with Crippen LogP contribution in [0, 0.1) is 5.92 Å². The topological polar surface area (TPSA) is 102 Å². The van der Waals surface area contributed by atoms with E-state index in [1.165, 1.54) is 31.3 Å². The number of amides is 1. The highest BCUT2D eigenvalue weighted by atomic mass is 32.2. The second-order valence-corrected chi connectivity index (χ2v) is 7.30. The predicted octanol–water partition coefficient (Wildman–Crippen LogP) is 0.912. The van der Waals surface area contributed by atoms with Gasteiger partial charge in [-0.1, -0.05) is 19.9 Å². The van der Waals surface area contributed by atoms with Crippen molar-refractivity contribution in [2.75, 3.05) is 13.7 Å². The lowest BCUT2D eigenvalue weighted by Crippen LogP contribution is -2.38. The number of esters is 1. The monoisotopic (exact) mass is 342 g/mol. The number of carbonyl (C=O) groups excluding carboxylic acids is 2. The van der Waals surface area contributed by atoms with E-state index in [-0.39, 0.29) is 22.4 Å². The van der Waals surface area contributed by atoms with Crippen molar-refractivity contribution in [1.29, 1.82) is 0 Å². The van der Waals surface area contributed by atoms with Crippen LogP contribution in [0.15, 0.2) is 29.2 Å². The summed E-state index contributed by atoms with van der Waals surface area (Å²) in [4.78, 5) is 23.5. The fraction of sp³-hybridized carbons (Fsp3) is 0.467. The Kier molecular flexibility index (Phi) is 6.71. The highest BCUT2D eigenvalue weighted by Gasteiger charge is 2.17. The SMILES string of the molecule is CNS(=O)(=O)c1cccc(C(=O)OCC(=O)N[C@@H](C)C(C)C)c1. The molecular weight excluding hydrogens is 320 g/mol. The number of nitrogens with one attached hydrogen (secondary N) is 2. The Labute approximate surface area is 136 Å². The lowest BCUT2D eigenvalue weighted by Gasteiger charge is -2.17. The van der Waals surface area contributed by atoms with Gasteiger partial charge in [-0.05, 0) is 38.1 Å². The van der Waals surface area contributed by atoms with Crippen LogP contribution in [-0.2, 0) is 19.6 Å². The fourth-order valence-corrected chi connectivity index (χ4v) is 2.36. The molecule has 1 atom stereocenters. The molecule has 0 saturated heterocycles. The molecule has 0 aliphatic heterocycles. The number of ether oxygens (including phenoxy) is 1. The van der Waals surface area contributed by atoms with Crippen LogP contribution in [-0.4, -0.2) is 40.0 Å². The summed E-state index contributed by atoms with van der Waals surface area (Å²) in [5.74, 6) is -0.901. The quantitative estimate of drug-likeness (QED) is 0.717. The minimum absolute atomic E-state index is 0.0368. The van der Waals surface area contributed by atoms with Gasteiger partial charge in [0.2, 0.25) is 10.0 Å². The van der Waals surface area contributed by atoms with E-state index < -0.39 is 28.5 Å². The van der Waals surface area contributed by atoms with E-state index in [1.54, 1.807) is 0 Å². The molecule has 0 bridgehead atoms. The Morgan fingerprint density at radius 2 is 1.87 bits per heavy atom. The van der Waals surface area contributed by atoms with Crippen molar-refractivity contribution in [3.8, 4) is 0 Å². The Bertz CT molecular complexity index is 670. The number of carbonyl (C=O) groups is 2. The average molecular weight is 342 g/mol. The van der Waals surface area contributed by atoms with Crippen LogP contribution in [0.25, 0.3) is 0 Å². The van der Waals surface area contributed by atoms with E-state index in [2.05, 4.69) is 10.0 Å². The molecule has 0 aromatic heterocycles. The van der Waals surface area contributed by atoms with Crippen molar-refractivity contribution in [3.63, 3.8) is 0 Å². The van der Waals surface area contributed by atoms with Crippen LogP contribution in [0.3, 0.4) is 0 Å². The van der Waals surface area contributed by atoms with E-state index in [0.717, 1.165) is 0 Å². The van der Waals surface area contributed by atoms with Gasteiger partial charge in [-0.3, -0.25) is 4.79 Å². The van der Waals surface area contributed by atoms with Crippen molar-refractivity contribution in [2.45, 2.75) is 31.7 Å². The Balaban J connectivity index is 2.69. The number of benzene rings is 1. The molecule has 7 nitrogen and oxygen atoms in total.